The Morgan fingerprint density at radius 1 is 1.24 bits per heavy atom. The van der Waals surface area contributed by atoms with E-state index in [0.29, 0.717) is 4.53 Å². The molecule has 3 N–H and O–H groups in total. The Kier molecular flexibility index (Phi) is 7.28. The third-order valence-electron chi connectivity index (χ3n) is 4.84. The summed E-state index contributed by atoms with van der Waals surface area (Å²) in [6.07, 6.45) is 3.36. The van der Waals surface area contributed by atoms with Crippen molar-refractivity contribution in [2.24, 2.45) is 0 Å². The van der Waals surface area contributed by atoms with Crippen LogP contribution in [0.3, 0.4) is 0 Å². The van der Waals surface area contributed by atoms with Crippen molar-refractivity contribution in [3.8, 4) is 12.1 Å². The molecule has 0 radical (unpaired) electrons. The van der Waals surface area contributed by atoms with Gasteiger partial charge in [0.25, 0.3) is 11.5 Å². The number of anilines is 1. The number of nitrogens with zero attached hydrogens (tertiary/aromatic N) is 4. The molecule has 33 heavy (non-hydrogen) atoms. The fourth-order valence-corrected chi connectivity index (χ4v) is 4.29. The van der Waals surface area contributed by atoms with E-state index in [4.69, 9.17) is 5.26 Å². The second-order valence-electron chi connectivity index (χ2n) is 6.83. The number of carbonyl (C=O) groups is 2. The minimum atomic E-state index is -0.700. The molecule has 1 aromatic carbocycles. The zero-order valence-electron chi connectivity index (χ0n) is 18.0. The molecular weight excluding hydrogens is 442 g/mol. The molecule has 0 aliphatic carbocycles. The number of amides is 2. The lowest BCUT2D eigenvalue weighted by atomic mass is 10.2. The van der Waals surface area contributed by atoms with Crippen LogP contribution in [0.15, 0.2) is 35.3 Å². The molecule has 2 heterocycles. The summed E-state index contributed by atoms with van der Waals surface area (Å²) in [5, 5.41) is 27.0. The lowest BCUT2D eigenvalue weighted by Crippen LogP contribution is -2.34. The summed E-state index contributed by atoms with van der Waals surface area (Å²) in [7, 11) is 1.59. The number of hydrogen-bond acceptors (Lipinski definition) is 7. The monoisotopic (exact) mass is 463 g/mol. The summed E-state index contributed by atoms with van der Waals surface area (Å²) >= 11 is 1.02. The molecule has 10 nitrogen and oxygen atoms in total. The highest BCUT2D eigenvalue weighted by Gasteiger charge is 2.15. The van der Waals surface area contributed by atoms with Gasteiger partial charge >= 0.3 is 0 Å². The highest BCUT2D eigenvalue weighted by molar-refractivity contribution is 7.07. The van der Waals surface area contributed by atoms with E-state index in [0.717, 1.165) is 27.9 Å². The number of nitrogens with one attached hydrogen (secondary N) is 3. The van der Waals surface area contributed by atoms with E-state index >= 15 is 0 Å². The zero-order chi connectivity index (χ0) is 24.0. The Labute approximate surface area is 192 Å². The molecule has 0 aliphatic rings. The number of benzene rings is 1. The van der Waals surface area contributed by atoms with Crippen LogP contribution in [-0.4, -0.2) is 34.5 Å². The Balaban J connectivity index is 1.97. The van der Waals surface area contributed by atoms with Gasteiger partial charge in [0, 0.05) is 42.6 Å². The fourth-order valence-electron chi connectivity index (χ4n) is 3.21. The van der Waals surface area contributed by atoms with Gasteiger partial charge in [-0.05, 0) is 31.2 Å². The van der Waals surface area contributed by atoms with E-state index in [-0.39, 0.29) is 41.3 Å². The molecule has 11 heteroatoms. The van der Waals surface area contributed by atoms with Gasteiger partial charge in [-0.25, -0.2) is 0 Å². The Morgan fingerprint density at radius 3 is 2.70 bits per heavy atom. The van der Waals surface area contributed by atoms with Gasteiger partial charge in [0.05, 0.1) is 6.07 Å². The molecule has 3 rings (SSSR count). The van der Waals surface area contributed by atoms with Gasteiger partial charge < -0.3 is 20.5 Å². The molecule has 168 valence electrons. The molecule has 0 saturated carbocycles. The number of likely N-dealkylation sites (N-methyl/N-ethyl adjacent to an activating group) is 1. The average molecular weight is 464 g/mol. The van der Waals surface area contributed by atoms with Crippen LogP contribution in [0, 0.1) is 22.7 Å². The minimum Gasteiger partial charge on any atom is -0.360 e. The Morgan fingerprint density at radius 2 is 2.03 bits per heavy atom. The number of carbonyl (C=O) groups excluding carboxylic acids is 2. The van der Waals surface area contributed by atoms with Gasteiger partial charge in [-0.2, -0.15) is 10.5 Å². The number of rotatable bonds is 7. The number of nitriles is 2. The summed E-state index contributed by atoms with van der Waals surface area (Å²) in [5.74, 6) is -0.799. The number of thiazole rings is 1. The molecule has 0 bridgehead atoms. The number of fused-ring (bicyclic) bond motifs is 1. The highest BCUT2D eigenvalue weighted by Crippen LogP contribution is 2.20. The highest BCUT2D eigenvalue weighted by atomic mass is 32.1. The smallest absolute Gasteiger partial charge is 0.270 e. The molecule has 0 aliphatic heterocycles. The van der Waals surface area contributed by atoms with Crippen LogP contribution in [0.5, 0.6) is 0 Å². The molecule has 0 unspecified atom stereocenters. The van der Waals surface area contributed by atoms with Gasteiger partial charge in [-0.3, -0.25) is 19.0 Å². The van der Waals surface area contributed by atoms with Crippen molar-refractivity contribution in [3.05, 3.63) is 50.0 Å². The first kappa shape index (κ1) is 23.3. The standard InChI is InChI=1S/C22H21N7O3S/c1-3-29-21(32)18(33-22(29)16(11-24)20(31)26-8-7-23)12-27-15-4-5-17-14(10-15)6-9-28(17)13-19(30)25-2/h4-6,9-10,12,27H,3,8,13H2,1-2H3,(H,25,30)(H,26,31)/b18-12-,22-16+. The third kappa shape index (κ3) is 4.95. The lowest BCUT2D eigenvalue weighted by molar-refractivity contribution is -0.121. The Bertz CT molecular complexity index is 1480. The van der Waals surface area contributed by atoms with Crippen LogP contribution >= 0.6 is 11.3 Å². The molecule has 0 atom stereocenters. The first-order valence-electron chi connectivity index (χ1n) is 9.98. The molecule has 0 spiro atoms. The second kappa shape index (κ2) is 10.3. The van der Waals surface area contributed by atoms with Crippen molar-refractivity contribution in [2.75, 3.05) is 18.9 Å². The number of hydrogen-bond donors (Lipinski definition) is 3. The fraction of sp³-hybridized carbons (Fsp3) is 0.227. The zero-order valence-corrected chi connectivity index (χ0v) is 18.8. The van der Waals surface area contributed by atoms with E-state index in [2.05, 4.69) is 16.0 Å². The third-order valence-corrected chi connectivity index (χ3v) is 5.97. The van der Waals surface area contributed by atoms with Crippen molar-refractivity contribution < 1.29 is 9.59 Å². The maximum absolute atomic E-state index is 12.8. The molecule has 2 amide bonds. The maximum atomic E-state index is 12.8. The van der Waals surface area contributed by atoms with Gasteiger partial charge in [-0.15, -0.1) is 11.3 Å². The predicted octanol–water partition coefficient (Wildman–Crippen LogP) is -0.205. The van der Waals surface area contributed by atoms with Crippen LogP contribution in [0.1, 0.15) is 6.92 Å². The quantitative estimate of drug-likeness (QED) is 0.414. The summed E-state index contributed by atoms with van der Waals surface area (Å²) in [4.78, 5) is 36.7. The Hall–Kier alpha value is -4.35. The maximum Gasteiger partial charge on any atom is 0.270 e. The van der Waals surface area contributed by atoms with E-state index in [9.17, 15) is 19.6 Å². The SMILES string of the molecule is CCn1c(=O)/c(=C/Nc2ccc3c(ccn3CC(=O)NC)c2)s/c1=C(\C#N)C(=O)NCC#N. The molecule has 0 saturated heterocycles. The van der Waals surface area contributed by atoms with Crippen LogP contribution < -0.4 is 30.7 Å². The van der Waals surface area contributed by atoms with Crippen molar-refractivity contribution >= 4 is 51.5 Å². The summed E-state index contributed by atoms with van der Waals surface area (Å²) < 4.78 is 3.74. The first-order valence-corrected chi connectivity index (χ1v) is 10.8. The second-order valence-corrected chi connectivity index (χ2v) is 7.86. The largest absolute Gasteiger partial charge is 0.360 e. The average Bonchev–Trinajstić information content (AvgIpc) is 3.36. The first-order chi connectivity index (χ1) is 15.9. The molecule has 2 aromatic heterocycles. The van der Waals surface area contributed by atoms with Crippen molar-refractivity contribution in [3.63, 3.8) is 0 Å². The van der Waals surface area contributed by atoms with Crippen molar-refractivity contribution in [1.29, 1.82) is 10.5 Å². The number of aromatic nitrogens is 2. The van der Waals surface area contributed by atoms with Crippen molar-refractivity contribution in [1.82, 2.24) is 19.8 Å². The normalized spacial score (nSPS) is 12.1. The molecule has 3 aromatic rings. The minimum absolute atomic E-state index is 0.0985. The van der Waals surface area contributed by atoms with Gasteiger partial charge in [0.15, 0.2) is 5.57 Å². The van der Waals surface area contributed by atoms with Gasteiger partial charge in [-0.1, -0.05) is 0 Å². The van der Waals surface area contributed by atoms with E-state index in [1.165, 1.54) is 10.8 Å². The predicted molar refractivity (Wildman–Crippen MR) is 125 cm³/mol. The van der Waals surface area contributed by atoms with Crippen LogP contribution in [0.4, 0.5) is 5.69 Å². The summed E-state index contributed by atoms with van der Waals surface area (Å²) in [6, 6.07) is 11.1. The van der Waals surface area contributed by atoms with Crippen LogP contribution in [0.2, 0.25) is 0 Å². The summed E-state index contributed by atoms with van der Waals surface area (Å²) in [5.41, 5.74) is 1.08. The van der Waals surface area contributed by atoms with Crippen LogP contribution in [0.25, 0.3) is 22.7 Å². The van der Waals surface area contributed by atoms with E-state index in [1.54, 1.807) is 20.0 Å². The van der Waals surface area contributed by atoms with E-state index < -0.39 is 5.91 Å². The van der Waals surface area contributed by atoms with Gasteiger partial charge in [0.2, 0.25) is 5.91 Å². The topological polar surface area (TPSA) is 145 Å². The summed E-state index contributed by atoms with van der Waals surface area (Å²) in [6.45, 7) is 2.00. The van der Waals surface area contributed by atoms with E-state index in [1.807, 2.05) is 41.1 Å². The van der Waals surface area contributed by atoms with Crippen molar-refractivity contribution in [2.45, 2.75) is 20.0 Å². The molecular formula is C22H21N7O3S. The lowest BCUT2D eigenvalue weighted by Gasteiger charge is -2.05. The van der Waals surface area contributed by atoms with Crippen LogP contribution in [-0.2, 0) is 22.7 Å². The molecule has 0 fully saturated rings. The van der Waals surface area contributed by atoms with Gasteiger partial charge in [0.1, 0.15) is 28.4 Å².